The highest BCUT2D eigenvalue weighted by Crippen LogP contribution is 2.11. The van der Waals surface area contributed by atoms with Gasteiger partial charge in [0.25, 0.3) is 0 Å². The number of nitrogens with two attached hydrogens (primary N) is 2. The van der Waals surface area contributed by atoms with E-state index in [9.17, 15) is 0 Å². The van der Waals surface area contributed by atoms with Crippen LogP contribution in [0.1, 0.15) is 19.2 Å². The second-order valence-corrected chi connectivity index (χ2v) is 4.26. The third kappa shape index (κ3) is 4.80. The summed E-state index contributed by atoms with van der Waals surface area (Å²) < 4.78 is 0. The first-order chi connectivity index (χ1) is 7.08. The molecule has 0 aromatic carbocycles. The van der Waals surface area contributed by atoms with Gasteiger partial charge >= 0.3 is 0 Å². The molecule has 0 amide bonds. The fourth-order valence-corrected chi connectivity index (χ4v) is 1.90. The minimum atomic E-state index is -0.272. The molecule has 1 rings (SSSR count). The Balaban J connectivity index is 2.37. The largest absolute Gasteiger partial charge is 0.393 e. The lowest BCUT2D eigenvalue weighted by Crippen LogP contribution is -2.06. The maximum atomic E-state index is 9.04. The number of aliphatic hydroxyl groups is 1. The molecule has 0 radical (unpaired) electrons. The predicted octanol–water partition coefficient (Wildman–Crippen LogP) is 0.0401. The maximum Gasteiger partial charge on any atom is 0.225 e. The summed E-state index contributed by atoms with van der Waals surface area (Å²) in [5.74, 6) is 2.35. The van der Waals surface area contributed by atoms with Gasteiger partial charge in [0.05, 0.1) is 11.9 Å². The minimum Gasteiger partial charge on any atom is -0.393 e. The predicted molar refractivity (Wildman–Crippen MR) is 61.1 cm³/mol. The summed E-state index contributed by atoms with van der Waals surface area (Å²) in [4.78, 5) is 11.6. The number of rotatable bonds is 5. The van der Waals surface area contributed by atoms with Crippen LogP contribution >= 0.6 is 11.8 Å². The summed E-state index contributed by atoms with van der Waals surface area (Å²) in [7, 11) is 0. The lowest BCUT2D eigenvalue weighted by Gasteiger charge is -2.04. The van der Waals surface area contributed by atoms with Gasteiger partial charge in [-0.3, -0.25) is 0 Å². The number of hydrogen-bond acceptors (Lipinski definition) is 7. The molecular formula is C8H15N5OS. The van der Waals surface area contributed by atoms with Gasteiger partial charge < -0.3 is 16.6 Å². The average Bonchev–Trinajstić information content (AvgIpc) is 2.10. The van der Waals surface area contributed by atoms with Crippen molar-refractivity contribution in [2.45, 2.75) is 25.2 Å². The Morgan fingerprint density at radius 2 is 1.87 bits per heavy atom. The van der Waals surface area contributed by atoms with Crippen LogP contribution in [0, 0.1) is 0 Å². The fourth-order valence-electron chi connectivity index (χ4n) is 0.939. The number of aromatic nitrogens is 3. The molecule has 6 nitrogen and oxygen atoms in total. The summed E-state index contributed by atoms with van der Waals surface area (Å²) in [5.41, 5.74) is 10.8. The van der Waals surface area contributed by atoms with Gasteiger partial charge in [-0.2, -0.15) is 26.7 Å². The summed E-state index contributed by atoms with van der Waals surface area (Å²) in [6.07, 6.45) is 0.478. The van der Waals surface area contributed by atoms with Gasteiger partial charge in [-0.05, 0) is 19.1 Å². The molecule has 0 saturated heterocycles. The number of nitrogen functional groups attached to an aromatic ring is 2. The SMILES string of the molecule is CC(O)CCSCc1nc(N)nc(N)n1. The number of aliphatic hydroxyl groups excluding tert-OH is 1. The Bertz CT molecular complexity index is 300. The molecule has 1 aromatic heterocycles. The van der Waals surface area contributed by atoms with Crippen LogP contribution in [0.25, 0.3) is 0 Å². The second kappa shape index (κ2) is 5.72. The summed E-state index contributed by atoms with van der Waals surface area (Å²) >= 11 is 1.63. The van der Waals surface area contributed by atoms with E-state index < -0.39 is 0 Å². The molecule has 1 aromatic rings. The molecule has 15 heavy (non-hydrogen) atoms. The van der Waals surface area contributed by atoms with E-state index in [1.54, 1.807) is 18.7 Å². The number of nitrogens with zero attached hydrogens (tertiary/aromatic N) is 3. The molecule has 0 saturated carbocycles. The molecule has 1 atom stereocenters. The standard InChI is InChI=1S/C8H15N5OS/c1-5(14)2-3-15-4-6-11-7(9)13-8(10)12-6/h5,14H,2-4H2,1H3,(H4,9,10,11,12,13). The third-order valence-corrected chi connectivity index (χ3v) is 2.61. The van der Waals surface area contributed by atoms with Crippen LogP contribution in [0.4, 0.5) is 11.9 Å². The van der Waals surface area contributed by atoms with Crippen molar-refractivity contribution in [3.8, 4) is 0 Å². The van der Waals surface area contributed by atoms with E-state index in [1.807, 2.05) is 0 Å². The van der Waals surface area contributed by atoms with E-state index in [1.165, 1.54) is 0 Å². The van der Waals surface area contributed by atoms with Crippen LogP contribution in [-0.4, -0.2) is 31.9 Å². The van der Waals surface area contributed by atoms with Crippen molar-refractivity contribution < 1.29 is 5.11 Å². The van der Waals surface area contributed by atoms with Crippen molar-refractivity contribution in [1.29, 1.82) is 0 Å². The molecule has 1 heterocycles. The minimum absolute atomic E-state index is 0.147. The van der Waals surface area contributed by atoms with E-state index in [-0.39, 0.29) is 18.0 Å². The zero-order valence-electron chi connectivity index (χ0n) is 8.55. The van der Waals surface area contributed by atoms with E-state index in [2.05, 4.69) is 15.0 Å². The number of hydrogen-bond donors (Lipinski definition) is 3. The quantitative estimate of drug-likeness (QED) is 0.611. The molecule has 0 spiro atoms. The zero-order chi connectivity index (χ0) is 11.3. The van der Waals surface area contributed by atoms with Gasteiger partial charge in [-0.15, -0.1) is 0 Å². The number of thioether (sulfide) groups is 1. The topological polar surface area (TPSA) is 111 Å². The van der Waals surface area contributed by atoms with Gasteiger partial charge in [-0.25, -0.2) is 0 Å². The Morgan fingerprint density at radius 3 is 2.40 bits per heavy atom. The van der Waals surface area contributed by atoms with Crippen LogP contribution in [0.2, 0.25) is 0 Å². The Morgan fingerprint density at radius 1 is 1.27 bits per heavy atom. The molecule has 0 bridgehead atoms. The third-order valence-electron chi connectivity index (χ3n) is 1.63. The highest BCUT2D eigenvalue weighted by molar-refractivity contribution is 7.98. The van der Waals surface area contributed by atoms with Crippen LogP contribution in [0.15, 0.2) is 0 Å². The van der Waals surface area contributed by atoms with Crippen molar-refractivity contribution in [3.63, 3.8) is 0 Å². The Kier molecular flexibility index (Phi) is 4.57. The molecule has 1 unspecified atom stereocenters. The second-order valence-electron chi connectivity index (χ2n) is 3.16. The smallest absolute Gasteiger partial charge is 0.225 e. The molecular weight excluding hydrogens is 214 g/mol. The summed E-state index contributed by atoms with van der Waals surface area (Å²) in [5, 5.41) is 9.04. The Labute approximate surface area is 92.5 Å². The van der Waals surface area contributed by atoms with E-state index >= 15 is 0 Å². The normalized spacial score (nSPS) is 12.7. The van der Waals surface area contributed by atoms with Crippen LogP contribution < -0.4 is 11.5 Å². The first-order valence-electron chi connectivity index (χ1n) is 4.59. The van der Waals surface area contributed by atoms with Gasteiger partial charge in [0, 0.05) is 0 Å². The molecule has 0 aliphatic carbocycles. The zero-order valence-corrected chi connectivity index (χ0v) is 9.37. The van der Waals surface area contributed by atoms with Gasteiger partial charge in [-0.1, -0.05) is 0 Å². The highest BCUT2D eigenvalue weighted by Gasteiger charge is 2.02. The molecule has 0 aliphatic rings. The van der Waals surface area contributed by atoms with Crippen molar-refractivity contribution >= 4 is 23.7 Å². The first-order valence-corrected chi connectivity index (χ1v) is 5.75. The van der Waals surface area contributed by atoms with E-state index in [4.69, 9.17) is 16.6 Å². The highest BCUT2D eigenvalue weighted by atomic mass is 32.2. The van der Waals surface area contributed by atoms with Crippen molar-refractivity contribution in [1.82, 2.24) is 15.0 Å². The van der Waals surface area contributed by atoms with E-state index in [0.29, 0.717) is 11.6 Å². The van der Waals surface area contributed by atoms with Gasteiger partial charge in [0.15, 0.2) is 0 Å². The first kappa shape index (κ1) is 12.0. The lowest BCUT2D eigenvalue weighted by atomic mass is 10.3. The van der Waals surface area contributed by atoms with Crippen molar-refractivity contribution in [2.24, 2.45) is 0 Å². The maximum absolute atomic E-state index is 9.04. The summed E-state index contributed by atoms with van der Waals surface area (Å²) in [6.45, 7) is 1.76. The van der Waals surface area contributed by atoms with Crippen molar-refractivity contribution in [3.05, 3.63) is 5.82 Å². The molecule has 0 fully saturated rings. The lowest BCUT2D eigenvalue weighted by molar-refractivity contribution is 0.192. The van der Waals surface area contributed by atoms with E-state index in [0.717, 1.165) is 12.2 Å². The van der Waals surface area contributed by atoms with Crippen LogP contribution in [-0.2, 0) is 5.75 Å². The average molecular weight is 229 g/mol. The molecule has 7 heteroatoms. The molecule has 84 valence electrons. The molecule has 0 aliphatic heterocycles. The number of anilines is 2. The van der Waals surface area contributed by atoms with Crippen LogP contribution in [0.3, 0.4) is 0 Å². The summed E-state index contributed by atoms with van der Waals surface area (Å²) in [6, 6.07) is 0. The Hall–Kier alpha value is -1.08. The fraction of sp³-hybridized carbons (Fsp3) is 0.625. The van der Waals surface area contributed by atoms with Gasteiger partial charge in [0.1, 0.15) is 5.82 Å². The monoisotopic (exact) mass is 229 g/mol. The van der Waals surface area contributed by atoms with Crippen LogP contribution in [0.5, 0.6) is 0 Å². The molecule has 5 N–H and O–H groups in total. The van der Waals surface area contributed by atoms with Gasteiger partial charge in [0.2, 0.25) is 11.9 Å². The van der Waals surface area contributed by atoms with Crippen molar-refractivity contribution in [2.75, 3.05) is 17.2 Å².